The van der Waals surface area contributed by atoms with E-state index in [2.05, 4.69) is 5.32 Å². The number of ether oxygens (including phenoxy) is 1. The van der Waals surface area contributed by atoms with Crippen LogP contribution in [-0.2, 0) is 4.79 Å². The highest BCUT2D eigenvalue weighted by atomic mass is 16.5. The molecule has 0 aliphatic carbocycles. The predicted molar refractivity (Wildman–Crippen MR) is 59.3 cm³/mol. The molecule has 1 unspecified atom stereocenters. The summed E-state index contributed by atoms with van der Waals surface area (Å²) in [4.78, 5) is 11.5. The van der Waals surface area contributed by atoms with Gasteiger partial charge < -0.3 is 20.2 Å². The van der Waals surface area contributed by atoms with Gasteiger partial charge in [-0.3, -0.25) is 10.2 Å². The number of hydrogen-bond acceptors (Lipinski definition) is 4. The van der Waals surface area contributed by atoms with Crippen LogP contribution >= 0.6 is 0 Å². The number of esters is 1. The number of carbonyl (C=O) groups is 1. The molecule has 0 bridgehead atoms. The zero-order valence-corrected chi connectivity index (χ0v) is 9.24. The maximum absolute atomic E-state index is 11.5. The van der Waals surface area contributed by atoms with Crippen molar-refractivity contribution in [3.63, 3.8) is 0 Å². The van der Waals surface area contributed by atoms with Gasteiger partial charge in [0.15, 0.2) is 11.7 Å². The first kappa shape index (κ1) is 12.1. The lowest BCUT2D eigenvalue weighted by Crippen LogP contribution is -2.22. The summed E-state index contributed by atoms with van der Waals surface area (Å²) in [7, 11) is 0. The van der Waals surface area contributed by atoms with Gasteiger partial charge in [-0.05, 0) is 6.42 Å². The van der Waals surface area contributed by atoms with Gasteiger partial charge >= 0.3 is 5.97 Å². The average molecular weight is 225 g/mol. The highest BCUT2D eigenvalue weighted by molar-refractivity contribution is 5.91. The Morgan fingerprint density at radius 2 is 2.38 bits per heavy atom. The maximum atomic E-state index is 11.5. The fraction of sp³-hybridized carbons (Fsp3) is 0.400. The minimum absolute atomic E-state index is 0.180. The second-order valence-electron chi connectivity index (χ2n) is 3.42. The lowest BCUT2D eigenvalue weighted by Gasteiger charge is -2.08. The fourth-order valence-electron chi connectivity index (χ4n) is 0.976. The van der Waals surface area contributed by atoms with Crippen molar-refractivity contribution >= 4 is 17.6 Å². The number of anilines is 1. The Morgan fingerprint density at radius 3 is 2.94 bits per heavy atom. The molecule has 6 heteroatoms. The summed E-state index contributed by atoms with van der Waals surface area (Å²) < 4.78 is 9.96. The number of furan rings is 1. The molecule has 4 N–H and O–H groups in total. The molecule has 0 radical (unpaired) electrons. The third-order valence-electron chi connectivity index (χ3n) is 2.12. The zero-order valence-electron chi connectivity index (χ0n) is 9.24. The van der Waals surface area contributed by atoms with E-state index in [1.54, 1.807) is 6.92 Å². The second-order valence-corrected chi connectivity index (χ2v) is 3.42. The number of nitrogens with two attached hydrogens (primary N) is 1. The van der Waals surface area contributed by atoms with Crippen LogP contribution in [0.5, 0.6) is 5.75 Å². The van der Waals surface area contributed by atoms with Crippen LogP contribution in [0.1, 0.15) is 20.3 Å². The SMILES string of the molecule is CCC(C)C(=O)Oc1cocc1NC(=N)N. The Bertz CT molecular complexity index is 386. The lowest BCUT2D eigenvalue weighted by molar-refractivity contribution is -0.138. The molecule has 1 aromatic rings. The van der Waals surface area contributed by atoms with Gasteiger partial charge in [-0.2, -0.15) is 0 Å². The number of rotatable bonds is 4. The first-order valence-electron chi connectivity index (χ1n) is 4.93. The molecule has 0 amide bonds. The van der Waals surface area contributed by atoms with Crippen molar-refractivity contribution in [2.45, 2.75) is 20.3 Å². The molecule has 0 saturated carbocycles. The predicted octanol–water partition coefficient (Wildman–Crippen LogP) is 1.54. The second kappa shape index (κ2) is 5.20. The third kappa shape index (κ3) is 3.01. The van der Waals surface area contributed by atoms with Crippen LogP contribution in [0.3, 0.4) is 0 Å². The Morgan fingerprint density at radius 1 is 1.69 bits per heavy atom. The van der Waals surface area contributed by atoms with Crippen molar-refractivity contribution in [1.82, 2.24) is 0 Å². The van der Waals surface area contributed by atoms with E-state index in [0.29, 0.717) is 12.1 Å². The highest BCUT2D eigenvalue weighted by Gasteiger charge is 2.16. The quantitative estimate of drug-likeness (QED) is 0.410. The lowest BCUT2D eigenvalue weighted by atomic mass is 10.1. The Balaban J connectivity index is 2.70. The summed E-state index contributed by atoms with van der Waals surface area (Å²) in [6, 6.07) is 0. The smallest absolute Gasteiger partial charge is 0.314 e. The summed E-state index contributed by atoms with van der Waals surface area (Å²) in [6.07, 6.45) is 3.30. The summed E-state index contributed by atoms with van der Waals surface area (Å²) in [5.41, 5.74) is 5.52. The standard InChI is InChI=1S/C10H15N3O3/c1-3-6(2)9(14)16-8-5-15-4-7(8)13-10(11)12/h4-6H,3H2,1-2H3,(H4,11,12,13). The van der Waals surface area contributed by atoms with Crippen LogP contribution in [0.15, 0.2) is 16.9 Å². The van der Waals surface area contributed by atoms with Crippen molar-refractivity contribution < 1.29 is 13.9 Å². The molecule has 1 aromatic heterocycles. The topological polar surface area (TPSA) is 101 Å². The first-order valence-corrected chi connectivity index (χ1v) is 4.93. The Kier molecular flexibility index (Phi) is 3.93. The highest BCUT2D eigenvalue weighted by Crippen LogP contribution is 2.26. The number of carbonyl (C=O) groups excluding carboxylic acids is 1. The van der Waals surface area contributed by atoms with E-state index in [1.165, 1.54) is 12.5 Å². The van der Waals surface area contributed by atoms with E-state index in [9.17, 15) is 4.79 Å². The number of guanidine groups is 1. The van der Waals surface area contributed by atoms with Crippen LogP contribution in [0.25, 0.3) is 0 Å². The third-order valence-corrected chi connectivity index (χ3v) is 2.12. The van der Waals surface area contributed by atoms with E-state index in [4.69, 9.17) is 20.3 Å². The van der Waals surface area contributed by atoms with Gasteiger partial charge in [0.2, 0.25) is 0 Å². The van der Waals surface area contributed by atoms with Crippen LogP contribution in [0.2, 0.25) is 0 Å². The normalized spacial score (nSPS) is 11.9. The van der Waals surface area contributed by atoms with Gasteiger partial charge in [-0.15, -0.1) is 0 Å². The van der Waals surface area contributed by atoms with Crippen molar-refractivity contribution in [3.8, 4) is 5.75 Å². The van der Waals surface area contributed by atoms with Crippen molar-refractivity contribution in [2.24, 2.45) is 11.7 Å². The molecule has 1 atom stereocenters. The van der Waals surface area contributed by atoms with Gasteiger partial charge in [-0.25, -0.2) is 0 Å². The van der Waals surface area contributed by atoms with E-state index < -0.39 is 0 Å². The van der Waals surface area contributed by atoms with Gasteiger partial charge in [0.25, 0.3) is 0 Å². The summed E-state index contributed by atoms with van der Waals surface area (Å²) in [5.74, 6) is -0.529. The summed E-state index contributed by atoms with van der Waals surface area (Å²) in [6.45, 7) is 3.68. The molecule has 0 spiro atoms. The summed E-state index contributed by atoms with van der Waals surface area (Å²) >= 11 is 0. The molecule has 88 valence electrons. The molecule has 1 heterocycles. The minimum atomic E-state index is -0.337. The van der Waals surface area contributed by atoms with E-state index >= 15 is 0 Å². The molecule has 1 rings (SSSR count). The van der Waals surface area contributed by atoms with Gasteiger partial charge in [-0.1, -0.05) is 13.8 Å². The van der Waals surface area contributed by atoms with Crippen LogP contribution in [-0.4, -0.2) is 11.9 Å². The largest absolute Gasteiger partial charge is 0.466 e. The maximum Gasteiger partial charge on any atom is 0.314 e. The van der Waals surface area contributed by atoms with E-state index in [1.807, 2.05) is 6.92 Å². The van der Waals surface area contributed by atoms with Crippen LogP contribution < -0.4 is 15.8 Å². The molecular weight excluding hydrogens is 210 g/mol. The molecule has 0 aliphatic heterocycles. The van der Waals surface area contributed by atoms with Crippen LogP contribution in [0.4, 0.5) is 5.69 Å². The molecule has 16 heavy (non-hydrogen) atoms. The van der Waals surface area contributed by atoms with E-state index in [-0.39, 0.29) is 23.6 Å². The van der Waals surface area contributed by atoms with Crippen molar-refractivity contribution in [1.29, 1.82) is 5.41 Å². The fourth-order valence-corrected chi connectivity index (χ4v) is 0.976. The van der Waals surface area contributed by atoms with Crippen molar-refractivity contribution in [3.05, 3.63) is 12.5 Å². The van der Waals surface area contributed by atoms with Crippen molar-refractivity contribution in [2.75, 3.05) is 5.32 Å². The first-order chi connectivity index (χ1) is 7.54. The van der Waals surface area contributed by atoms with E-state index in [0.717, 1.165) is 0 Å². The molecular formula is C10H15N3O3. The monoisotopic (exact) mass is 225 g/mol. The summed E-state index contributed by atoms with van der Waals surface area (Å²) in [5, 5.41) is 9.56. The molecule has 0 aliphatic rings. The van der Waals surface area contributed by atoms with Crippen LogP contribution in [0, 0.1) is 11.3 Å². The number of nitrogens with one attached hydrogen (secondary N) is 2. The molecule has 0 fully saturated rings. The number of hydrogen-bond donors (Lipinski definition) is 3. The molecule has 0 saturated heterocycles. The van der Waals surface area contributed by atoms with Gasteiger partial charge in [0, 0.05) is 0 Å². The Hall–Kier alpha value is -1.98. The van der Waals surface area contributed by atoms with Gasteiger partial charge in [0.1, 0.15) is 18.2 Å². The molecule has 0 aromatic carbocycles. The minimum Gasteiger partial charge on any atom is -0.466 e. The Labute approximate surface area is 93.3 Å². The average Bonchev–Trinajstić information content (AvgIpc) is 2.63. The molecule has 6 nitrogen and oxygen atoms in total. The zero-order chi connectivity index (χ0) is 12.1. The van der Waals surface area contributed by atoms with Gasteiger partial charge in [0.05, 0.1) is 5.92 Å².